The first-order valence-electron chi connectivity index (χ1n) is 9.32. The topological polar surface area (TPSA) is 12.5 Å². The molecule has 0 unspecified atom stereocenters. The molecule has 0 aliphatic carbocycles. The van der Waals surface area contributed by atoms with Gasteiger partial charge in [-0.25, -0.2) is 0 Å². The van der Waals surface area contributed by atoms with Crippen LogP contribution in [0, 0.1) is 0 Å². The summed E-state index contributed by atoms with van der Waals surface area (Å²) < 4.78 is 5.55. The van der Waals surface area contributed by atoms with E-state index in [0.717, 1.165) is 32.7 Å². The number of unbranched alkanes of at least 4 members (excludes halogenated alkanes) is 1. The van der Waals surface area contributed by atoms with E-state index in [1.165, 1.54) is 35.2 Å². The van der Waals surface area contributed by atoms with E-state index < -0.39 is 0 Å². The molecule has 2 heteroatoms. The van der Waals surface area contributed by atoms with Gasteiger partial charge in [0.05, 0.1) is 18.9 Å². The molecule has 0 radical (unpaired) electrons. The van der Waals surface area contributed by atoms with Gasteiger partial charge >= 0.3 is 0 Å². The zero-order chi connectivity index (χ0) is 17.3. The molecule has 2 nitrogen and oxygen atoms in total. The molecule has 1 heterocycles. The number of benzene rings is 2. The summed E-state index contributed by atoms with van der Waals surface area (Å²) in [6.45, 7) is 5.66. The maximum Gasteiger partial charge on any atom is 0.0877 e. The average molecular weight is 333 g/mol. The predicted octanol–water partition coefficient (Wildman–Crippen LogP) is 5.23. The summed E-state index contributed by atoms with van der Waals surface area (Å²) in [5.74, 6) is 0. The monoisotopic (exact) mass is 333 g/mol. The van der Waals surface area contributed by atoms with Gasteiger partial charge in [-0.1, -0.05) is 79.7 Å². The van der Waals surface area contributed by atoms with Crippen molar-refractivity contribution in [3.63, 3.8) is 0 Å². The van der Waals surface area contributed by atoms with Crippen LogP contribution >= 0.6 is 0 Å². The van der Waals surface area contributed by atoms with Crippen molar-refractivity contribution < 1.29 is 4.74 Å². The van der Waals surface area contributed by atoms with Crippen LogP contribution in [0.25, 0.3) is 11.3 Å². The molecule has 1 aliphatic rings. The molecule has 0 atom stereocenters. The van der Waals surface area contributed by atoms with Gasteiger partial charge in [-0.2, -0.15) is 0 Å². The molecule has 2 aromatic carbocycles. The van der Waals surface area contributed by atoms with Crippen LogP contribution < -0.4 is 0 Å². The molecule has 2 aromatic rings. The Kier molecular flexibility index (Phi) is 6.50. The van der Waals surface area contributed by atoms with Gasteiger partial charge in [-0.05, 0) is 18.4 Å². The second kappa shape index (κ2) is 9.27. The molecule has 0 aromatic heterocycles. The highest BCUT2D eigenvalue weighted by molar-refractivity contribution is 5.74. The summed E-state index contributed by atoms with van der Waals surface area (Å²) in [5, 5.41) is 0. The predicted molar refractivity (Wildman–Crippen MR) is 105 cm³/mol. The Hall–Kier alpha value is -2.28. The van der Waals surface area contributed by atoms with E-state index in [9.17, 15) is 0 Å². The SMILES string of the molecule is CCCCC(=C=C(c1ccccc1)N1CCOCC1)c1ccccc1. The second-order valence-corrected chi connectivity index (χ2v) is 6.39. The van der Waals surface area contributed by atoms with Crippen molar-refractivity contribution in [1.29, 1.82) is 0 Å². The number of rotatable bonds is 6. The fraction of sp³-hybridized carbons (Fsp3) is 0.348. The van der Waals surface area contributed by atoms with E-state index in [0.29, 0.717) is 0 Å². The first kappa shape index (κ1) is 17.5. The molecule has 0 N–H and O–H groups in total. The highest BCUT2D eigenvalue weighted by Crippen LogP contribution is 2.25. The van der Waals surface area contributed by atoms with Gasteiger partial charge in [0.2, 0.25) is 0 Å². The quantitative estimate of drug-likeness (QED) is 0.671. The molecule has 0 amide bonds. The van der Waals surface area contributed by atoms with Crippen molar-refractivity contribution in [1.82, 2.24) is 4.90 Å². The lowest BCUT2D eigenvalue weighted by molar-refractivity contribution is 0.0640. The molecule has 0 bridgehead atoms. The molecular weight excluding hydrogens is 306 g/mol. The zero-order valence-electron chi connectivity index (χ0n) is 15.1. The molecule has 3 rings (SSSR count). The van der Waals surface area contributed by atoms with E-state index in [1.807, 2.05) is 0 Å². The standard InChI is InChI=1S/C23H27NO/c1-2-3-10-22(20-11-6-4-7-12-20)19-23(21-13-8-5-9-14-21)24-15-17-25-18-16-24/h4-9,11-14H,2-3,10,15-18H2,1H3. The van der Waals surface area contributed by atoms with Crippen molar-refractivity contribution in [3.8, 4) is 0 Å². The molecular formula is C23H27NO. The summed E-state index contributed by atoms with van der Waals surface area (Å²) >= 11 is 0. The van der Waals surface area contributed by atoms with Gasteiger partial charge in [0.1, 0.15) is 0 Å². The largest absolute Gasteiger partial charge is 0.378 e. The van der Waals surface area contributed by atoms with Crippen molar-refractivity contribution >= 4 is 11.3 Å². The van der Waals surface area contributed by atoms with E-state index in [2.05, 4.69) is 78.2 Å². The Morgan fingerprint density at radius 3 is 2.12 bits per heavy atom. The molecule has 130 valence electrons. The van der Waals surface area contributed by atoms with Gasteiger partial charge in [0.25, 0.3) is 0 Å². The van der Waals surface area contributed by atoms with E-state index in [4.69, 9.17) is 4.74 Å². The summed E-state index contributed by atoms with van der Waals surface area (Å²) in [6.07, 6.45) is 3.43. The van der Waals surface area contributed by atoms with Crippen LogP contribution in [-0.4, -0.2) is 31.2 Å². The van der Waals surface area contributed by atoms with E-state index in [1.54, 1.807) is 0 Å². The number of morpholine rings is 1. The molecule has 1 aliphatic heterocycles. The lowest BCUT2D eigenvalue weighted by Crippen LogP contribution is -2.34. The number of hydrogen-bond acceptors (Lipinski definition) is 2. The van der Waals surface area contributed by atoms with Gasteiger partial charge in [0.15, 0.2) is 0 Å². The second-order valence-electron chi connectivity index (χ2n) is 6.39. The summed E-state index contributed by atoms with van der Waals surface area (Å²) in [5.41, 5.74) is 8.79. The third-order valence-corrected chi connectivity index (χ3v) is 4.55. The van der Waals surface area contributed by atoms with Crippen molar-refractivity contribution in [2.75, 3.05) is 26.3 Å². The first-order valence-corrected chi connectivity index (χ1v) is 9.32. The third kappa shape index (κ3) is 4.85. The zero-order valence-corrected chi connectivity index (χ0v) is 15.1. The lowest BCUT2D eigenvalue weighted by Gasteiger charge is -2.30. The van der Waals surface area contributed by atoms with E-state index >= 15 is 0 Å². The highest BCUT2D eigenvalue weighted by Gasteiger charge is 2.15. The molecule has 0 saturated carbocycles. The number of allylic oxidation sites excluding steroid dienone is 1. The summed E-state index contributed by atoms with van der Waals surface area (Å²) in [7, 11) is 0. The Morgan fingerprint density at radius 2 is 1.52 bits per heavy atom. The number of hydrogen-bond donors (Lipinski definition) is 0. The van der Waals surface area contributed by atoms with Gasteiger partial charge in [0, 0.05) is 24.2 Å². The highest BCUT2D eigenvalue weighted by atomic mass is 16.5. The van der Waals surface area contributed by atoms with Crippen LogP contribution in [0.5, 0.6) is 0 Å². The van der Waals surface area contributed by atoms with Crippen LogP contribution in [0.15, 0.2) is 66.4 Å². The summed E-state index contributed by atoms with van der Waals surface area (Å²) in [6, 6.07) is 21.3. The van der Waals surface area contributed by atoms with Gasteiger partial charge < -0.3 is 9.64 Å². The fourth-order valence-electron chi connectivity index (χ4n) is 3.13. The molecule has 0 spiro atoms. The van der Waals surface area contributed by atoms with Crippen LogP contribution in [-0.2, 0) is 4.74 Å². The first-order chi connectivity index (χ1) is 12.4. The molecule has 25 heavy (non-hydrogen) atoms. The smallest absolute Gasteiger partial charge is 0.0877 e. The third-order valence-electron chi connectivity index (χ3n) is 4.55. The van der Waals surface area contributed by atoms with Crippen LogP contribution in [0.2, 0.25) is 0 Å². The van der Waals surface area contributed by atoms with E-state index in [-0.39, 0.29) is 0 Å². The van der Waals surface area contributed by atoms with Crippen molar-refractivity contribution in [2.24, 2.45) is 0 Å². The minimum atomic E-state index is 0.785. The summed E-state index contributed by atoms with van der Waals surface area (Å²) in [4.78, 5) is 2.41. The van der Waals surface area contributed by atoms with Crippen LogP contribution in [0.1, 0.15) is 37.3 Å². The Labute approximate surface area is 151 Å². The minimum absolute atomic E-state index is 0.785. The van der Waals surface area contributed by atoms with Crippen molar-refractivity contribution in [2.45, 2.75) is 26.2 Å². The fourth-order valence-corrected chi connectivity index (χ4v) is 3.13. The Balaban J connectivity index is 2.10. The Bertz CT molecular complexity index is 708. The van der Waals surface area contributed by atoms with Gasteiger partial charge in [-0.15, -0.1) is 0 Å². The maximum absolute atomic E-state index is 5.55. The normalized spacial score (nSPS) is 14.0. The van der Waals surface area contributed by atoms with Crippen LogP contribution in [0.3, 0.4) is 0 Å². The van der Waals surface area contributed by atoms with Crippen molar-refractivity contribution in [3.05, 3.63) is 77.5 Å². The van der Waals surface area contributed by atoms with Gasteiger partial charge in [-0.3, -0.25) is 0 Å². The minimum Gasteiger partial charge on any atom is -0.378 e. The molecule has 1 fully saturated rings. The maximum atomic E-state index is 5.55. The molecule has 1 saturated heterocycles. The number of nitrogens with zero attached hydrogens (tertiary/aromatic N) is 1. The number of ether oxygens (including phenoxy) is 1. The average Bonchev–Trinajstić information content (AvgIpc) is 2.70. The van der Waals surface area contributed by atoms with Crippen LogP contribution in [0.4, 0.5) is 0 Å². The Morgan fingerprint density at radius 1 is 0.920 bits per heavy atom. The lowest BCUT2D eigenvalue weighted by atomic mass is 9.99.